The minimum atomic E-state index is -0.328. The predicted molar refractivity (Wildman–Crippen MR) is 94.1 cm³/mol. The van der Waals surface area contributed by atoms with Crippen LogP contribution in [0.2, 0.25) is 5.02 Å². The lowest BCUT2D eigenvalue weighted by Gasteiger charge is -2.01. The monoisotopic (exact) mass is 325 g/mol. The van der Waals surface area contributed by atoms with E-state index in [-0.39, 0.29) is 5.91 Å². The molecule has 0 spiro atoms. The summed E-state index contributed by atoms with van der Waals surface area (Å²) in [6.45, 7) is 2.97. The summed E-state index contributed by atoms with van der Waals surface area (Å²) in [5.41, 5.74) is 5.03. The fraction of sp³-hybridized carbons (Fsp3) is 0.111. The third-order valence-electron chi connectivity index (χ3n) is 3.65. The molecule has 0 saturated carbocycles. The van der Waals surface area contributed by atoms with Crippen LogP contribution in [0.5, 0.6) is 0 Å². The number of amides is 1. The van der Waals surface area contributed by atoms with Crippen molar-refractivity contribution < 1.29 is 4.79 Å². The van der Waals surface area contributed by atoms with E-state index >= 15 is 0 Å². The van der Waals surface area contributed by atoms with Crippen molar-refractivity contribution in [2.24, 2.45) is 5.10 Å². The van der Waals surface area contributed by atoms with Crippen LogP contribution < -0.4 is 5.43 Å². The molecule has 2 aromatic carbocycles. The normalized spacial score (nSPS) is 11.2. The Morgan fingerprint density at radius 3 is 2.74 bits per heavy atom. The summed E-state index contributed by atoms with van der Waals surface area (Å²) in [5.74, 6) is -0.328. The molecule has 1 aromatic heterocycles. The van der Waals surface area contributed by atoms with E-state index in [1.54, 1.807) is 30.5 Å². The molecule has 4 nitrogen and oxygen atoms in total. The van der Waals surface area contributed by atoms with Gasteiger partial charge in [-0.2, -0.15) is 5.10 Å². The number of aryl methyl sites for hydroxylation is 1. The molecule has 1 N–H and O–H groups in total. The number of hydrazone groups is 1. The number of aromatic nitrogens is 1. The summed E-state index contributed by atoms with van der Waals surface area (Å²) in [4.78, 5) is 12.1. The first kappa shape index (κ1) is 15.3. The molecule has 0 aliphatic heterocycles. The van der Waals surface area contributed by atoms with E-state index in [0.717, 1.165) is 23.0 Å². The van der Waals surface area contributed by atoms with Gasteiger partial charge in [-0.25, -0.2) is 5.43 Å². The molecular weight excluding hydrogens is 310 g/mol. The van der Waals surface area contributed by atoms with Crippen molar-refractivity contribution in [3.63, 3.8) is 0 Å². The lowest BCUT2D eigenvalue weighted by atomic mass is 10.2. The van der Waals surface area contributed by atoms with Crippen LogP contribution >= 0.6 is 11.6 Å². The van der Waals surface area contributed by atoms with Gasteiger partial charge in [-0.05, 0) is 25.1 Å². The molecule has 5 heteroatoms. The molecule has 1 amide bonds. The van der Waals surface area contributed by atoms with E-state index in [0.29, 0.717) is 10.6 Å². The molecule has 0 atom stereocenters. The van der Waals surface area contributed by atoms with E-state index in [2.05, 4.69) is 28.1 Å². The Kier molecular flexibility index (Phi) is 4.44. The van der Waals surface area contributed by atoms with E-state index in [9.17, 15) is 4.79 Å². The summed E-state index contributed by atoms with van der Waals surface area (Å²) in [6, 6.07) is 15.0. The van der Waals surface area contributed by atoms with Crippen molar-refractivity contribution in [3.8, 4) is 0 Å². The Bertz CT molecular complexity index is 883. The highest BCUT2D eigenvalue weighted by Gasteiger charge is 2.08. The minimum absolute atomic E-state index is 0.328. The van der Waals surface area contributed by atoms with Crippen molar-refractivity contribution >= 4 is 34.6 Å². The summed E-state index contributed by atoms with van der Waals surface area (Å²) in [6.07, 6.45) is 3.68. The zero-order valence-electron chi connectivity index (χ0n) is 12.7. The first-order chi connectivity index (χ1) is 11.2. The first-order valence-corrected chi connectivity index (χ1v) is 7.74. The van der Waals surface area contributed by atoms with Crippen molar-refractivity contribution in [2.75, 3.05) is 0 Å². The largest absolute Gasteiger partial charge is 0.347 e. The topological polar surface area (TPSA) is 46.4 Å². The number of nitrogens with one attached hydrogen (secondary N) is 1. The SMILES string of the molecule is CCn1cc(/C=N\NC(=O)c2ccccc2Cl)c2ccccc21. The molecule has 0 unspecified atom stereocenters. The Hall–Kier alpha value is -2.59. The maximum Gasteiger partial charge on any atom is 0.272 e. The predicted octanol–water partition coefficient (Wildman–Crippen LogP) is 4.08. The van der Waals surface area contributed by atoms with Gasteiger partial charge in [0.2, 0.25) is 0 Å². The van der Waals surface area contributed by atoms with Gasteiger partial charge in [-0.1, -0.05) is 41.9 Å². The van der Waals surface area contributed by atoms with Crippen LogP contribution in [-0.4, -0.2) is 16.7 Å². The van der Waals surface area contributed by atoms with Crippen LogP contribution in [0, 0.1) is 0 Å². The summed E-state index contributed by atoms with van der Waals surface area (Å²) < 4.78 is 2.15. The van der Waals surface area contributed by atoms with Crippen LogP contribution in [0.3, 0.4) is 0 Å². The lowest BCUT2D eigenvalue weighted by Crippen LogP contribution is -2.17. The molecule has 3 rings (SSSR count). The van der Waals surface area contributed by atoms with Gasteiger partial charge in [-0.15, -0.1) is 0 Å². The fourth-order valence-electron chi connectivity index (χ4n) is 2.51. The number of hydrogen-bond acceptors (Lipinski definition) is 2. The number of rotatable bonds is 4. The van der Waals surface area contributed by atoms with Gasteiger partial charge in [-0.3, -0.25) is 4.79 Å². The second-order valence-electron chi connectivity index (χ2n) is 5.07. The van der Waals surface area contributed by atoms with Crippen LogP contribution in [0.15, 0.2) is 59.8 Å². The van der Waals surface area contributed by atoms with Crippen molar-refractivity contribution in [1.82, 2.24) is 9.99 Å². The van der Waals surface area contributed by atoms with Crippen LogP contribution in [0.25, 0.3) is 10.9 Å². The van der Waals surface area contributed by atoms with Gasteiger partial charge >= 0.3 is 0 Å². The number of fused-ring (bicyclic) bond motifs is 1. The zero-order chi connectivity index (χ0) is 16.2. The molecule has 0 fully saturated rings. The van der Waals surface area contributed by atoms with E-state index in [4.69, 9.17) is 11.6 Å². The van der Waals surface area contributed by atoms with Crippen molar-refractivity contribution in [3.05, 3.63) is 70.9 Å². The zero-order valence-corrected chi connectivity index (χ0v) is 13.4. The van der Waals surface area contributed by atoms with Gasteiger partial charge in [0.25, 0.3) is 5.91 Å². The van der Waals surface area contributed by atoms with E-state index < -0.39 is 0 Å². The molecule has 0 aliphatic rings. The maximum atomic E-state index is 12.1. The molecular formula is C18H16ClN3O. The highest BCUT2D eigenvalue weighted by molar-refractivity contribution is 6.33. The number of benzene rings is 2. The third kappa shape index (κ3) is 3.12. The maximum absolute atomic E-state index is 12.1. The van der Waals surface area contributed by atoms with Gasteiger partial charge in [0, 0.05) is 29.2 Å². The number of para-hydroxylation sites is 1. The van der Waals surface area contributed by atoms with Crippen LogP contribution in [-0.2, 0) is 6.54 Å². The molecule has 0 bridgehead atoms. The quantitative estimate of drug-likeness (QED) is 0.570. The molecule has 3 aromatic rings. The highest BCUT2D eigenvalue weighted by Crippen LogP contribution is 2.20. The number of nitrogens with zero attached hydrogens (tertiary/aromatic N) is 2. The second-order valence-corrected chi connectivity index (χ2v) is 5.47. The Balaban J connectivity index is 1.81. The second kappa shape index (κ2) is 6.67. The summed E-state index contributed by atoms with van der Waals surface area (Å²) in [5, 5.41) is 5.57. The summed E-state index contributed by atoms with van der Waals surface area (Å²) >= 11 is 6.00. The smallest absolute Gasteiger partial charge is 0.272 e. The molecule has 0 aliphatic carbocycles. The first-order valence-electron chi connectivity index (χ1n) is 7.36. The van der Waals surface area contributed by atoms with Crippen LogP contribution in [0.1, 0.15) is 22.8 Å². The molecule has 1 heterocycles. The molecule has 0 saturated heterocycles. The standard InChI is InChI=1S/C18H16ClN3O/c1-2-22-12-13(14-7-4-6-10-17(14)22)11-20-21-18(23)15-8-3-5-9-16(15)19/h3-12H,2H2,1H3,(H,21,23)/b20-11-. The number of halogens is 1. The van der Waals surface area contributed by atoms with E-state index in [1.807, 2.05) is 24.4 Å². The summed E-state index contributed by atoms with van der Waals surface area (Å²) in [7, 11) is 0. The van der Waals surface area contributed by atoms with Gasteiger partial charge in [0.05, 0.1) is 16.8 Å². The van der Waals surface area contributed by atoms with Crippen LogP contribution in [0.4, 0.5) is 0 Å². The van der Waals surface area contributed by atoms with Crippen molar-refractivity contribution in [2.45, 2.75) is 13.5 Å². The molecule has 23 heavy (non-hydrogen) atoms. The minimum Gasteiger partial charge on any atom is -0.347 e. The Morgan fingerprint density at radius 2 is 1.96 bits per heavy atom. The van der Waals surface area contributed by atoms with E-state index in [1.165, 1.54) is 0 Å². The average molecular weight is 326 g/mol. The van der Waals surface area contributed by atoms with Gasteiger partial charge in [0.1, 0.15) is 0 Å². The lowest BCUT2D eigenvalue weighted by molar-refractivity contribution is 0.0955. The third-order valence-corrected chi connectivity index (χ3v) is 3.98. The Morgan fingerprint density at radius 1 is 1.22 bits per heavy atom. The number of carbonyl (C=O) groups is 1. The van der Waals surface area contributed by atoms with Crippen molar-refractivity contribution in [1.29, 1.82) is 0 Å². The fourth-order valence-corrected chi connectivity index (χ4v) is 2.73. The Labute approximate surface area is 139 Å². The highest BCUT2D eigenvalue weighted by atomic mass is 35.5. The molecule has 0 radical (unpaired) electrons. The number of carbonyl (C=O) groups excluding carboxylic acids is 1. The average Bonchev–Trinajstić information content (AvgIpc) is 2.93. The number of hydrogen-bond donors (Lipinski definition) is 1. The van der Waals surface area contributed by atoms with Gasteiger partial charge in [0.15, 0.2) is 0 Å². The van der Waals surface area contributed by atoms with Gasteiger partial charge < -0.3 is 4.57 Å². The molecule has 116 valence electrons.